The summed E-state index contributed by atoms with van der Waals surface area (Å²) in [5.74, 6) is 0.588. The van der Waals surface area contributed by atoms with Crippen molar-refractivity contribution in [2.24, 2.45) is 0 Å². The highest BCUT2D eigenvalue weighted by Crippen LogP contribution is 2.15. The molecule has 0 amide bonds. The van der Waals surface area contributed by atoms with Gasteiger partial charge in [0, 0.05) is 6.54 Å². The molecule has 0 atom stereocenters. The summed E-state index contributed by atoms with van der Waals surface area (Å²) in [6, 6.07) is 14.7. The molecular formula is C28H42FNO. The fourth-order valence-electron chi connectivity index (χ4n) is 3.82. The Labute approximate surface area is 189 Å². The van der Waals surface area contributed by atoms with Crippen molar-refractivity contribution < 1.29 is 9.13 Å². The molecular weight excluding hydrogens is 385 g/mol. The average molecular weight is 428 g/mol. The van der Waals surface area contributed by atoms with Crippen LogP contribution in [0, 0.1) is 5.82 Å². The number of nitrogens with one attached hydrogen (secondary N) is 1. The lowest BCUT2D eigenvalue weighted by Crippen LogP contribution is -2.14. The molecule has 0 aliphatic heterocycles. The minimum absolute atomic E-state index is 0.226. The van der Waals surface area contributed by atoms with Gasteiger partial charge in [0.05, 0.1) is 0 Å². The highest BCUT2D eigenvalue weighted by Gasteiger charge is 1.99. The van der Waals surface area contributed by atoms with Crippen LogP contribution in [0.2, 0.25) is 0 Å². The van der Waals surface area contributed by atoms with Crippen molar-refractivity contribution in [3.05, 3.63) is 65.5 Å². The maximum atomic E-state index is 13.2. The Hall–Kier alpha value is -1.87. The van der Waals surface area contributed by atoms with Gasteiger partial charge >= 0.3 is 0 Å². The van der Waals surface area contributed by atoms with Gasteiger partial charge in [-0.15, -0.1) is 0 Å². The number of hydrogen-bond donors (Lipinski definition) is 1. The molecule has 0 aliphatic rings. The molecule has 2 rings (SSSR count). The molecule has 0 saturated carbocycles. The number of benzene rings is 2. The van der Waals surface area contributed by atoms with Crippen molar-refractivity contribution >= 4 is 0 Å². The van der Waals surface area contributed by atoms with Crippen molar-refractivity contribution in [1.82, 2.24) is 5.32 Å². The second kappa shape index (κ2) is 16.8. The van der Waals surface area contributed by atoms with Crippen LogP contribution in [0.5, 0.6) is 5.75 Å². The smallest absolute Gasteiger partial charge is 0.123 e. The molecule has 0 saturated heterocycles. The van der Waals surface area contributed by atoms with Crippen LogP contribution in [0.1, 0.15) is 95.1 Å². The van der Waals surface area contributed by atoms with E-state index in [9.17, 15) is 4.39 Å². The maximum absolute atomic E-state index is 13.2. The van der Waals surface area contributed by atoms with E-state index in [1.165, 1.54) is 94.7 Å². The summed E-state index contributed by atoms with van der Waals surface area (Å²) in [6.45, 7) is 4.63. The van der Waals surface area contributed by atoms with E-state index in [1.54, 1.807) is 6.07 Å². The predicted octanol–water partition coefficient (Wildman–Crippen LogP) is 8.20. The highest BCUT2D eigenvalue weighted by molar-refractivity contribution is 5.27. The summed E-state index contributed by atoms with van der Waals surface area (Å²) >= 11 is 0. The lowest BCUT2D eigenvalue weighted by Gasteiger charge is -2.08. The summed E-state index contributed by atoms with van der Waals surface area (Å²) in [4.78, 5) is 0. The standard InChI is InChI=1S/C28H42FNO/c1-2-3-4-5-6-7-8-9-10-11-12-13-21-30-23-25-17-19-28(20-18-25)31-24-26-15-14-16-27(29)22-26/h14-20,22,30H,2-13,21,23-24H2,1H3. The molecule has 31 heavy (non-hydrogen) atoms. The van der Waals surface area contributed by atoms with Gasteiger partial charge in [-0.1, -0.05) is 102 Å². The fraction of sp³-hybridized carbons (Fsp3) is 0.571. The zero-order valence-electron chi connectivity index (χ0n) is 19.5. The molecule has 3 heteroatoms. The molecule has 0 aliphatic carbocycles. The normalized spacial score (nSPS) is 11.0. The van der Waals surface area contributed by atoms with Crippen LogP contribution in [-0.4, -0.2) is 6.54 Å². The number of hydrogen-bond acceptors (Lipinski definition) is 2. The molecule has 0 radical (unpaired) electrons. The predicted molar refractivity (Wildman–Crippen MR) is 130 cm³/mol. The van der Waals surface area contributed by atoms with Crippen LogP contribution in [0.4, 0.5) is 4.39 Å². The first-order valence-corrected chi connectivity index (χ1v) is 12.4. The van der Waals surface area contributed by atoms with E-state index in [1.807, 2.05) is 18.2 Å². The molecule has 0 unspecified atom stereocenters. The number of halogens is 1. The molecule has 2 aromatic rings. The van der Waals surface area contributed by atoms with Gasteiger partial charge in [-0.3, -0.25) is 0 Å². The monoisotopic (exact) mass is 427 g/mol. The van der Waals surface area contributed by atoms with Crippen LogP contribution in [0.15, 0.2) is 48.5 Å². The van der Waals surface area contributed by atoms with Crippen LogP contribution in [0.3, 0.4) is 0 Å². The van der Waals surface area contributed by atoms with Gasteiger partial charge in [0.2, 0.25) is 0 Å². The zero-order valence-corrected chi connectivity index (χ0v) is 19.5. The van der Waals surface area contributed by atoms with Crippen LogP contribution in [-0.2, 0) is 13.2 Å². The highest BCUT2D eigenvalue weighted by atomic mass is 19.1. The molecule has 0 heterocycles. The Kier molecular flexibility index (Phi) is 13.7. The molecule has 0 fully saturated rings. The molecule has 172 valence electrons. The SMILES string of the molecule is CCCCCCCCCCCCCCNCc1ccc(OCc2cccc(F)c2)cc1. The molecule has 0 spiro atoms. The van der Waals surface area contributed by atoms with E-state index in [2.05, 4.69) is 24.4 Å². The first-order valence-electron chi connectivity index (χ1n) is 12.4. The molecule has 1 N–H and O–H groups in total. The van der Waals surface area contributed by atoms with E-state index >= 15 is 0 Å². The fourth-order valence-corrected chi connectivity index (χ4v) is 3.82. The zero-order chi connectivity index (χ0) is 22.0. The van der Waals surface area contributed by atoms with Gasteiger partial charge in [-0.25, -0.2) is 4.39 Å². The van der Waals surface area contributed by atoms with E-state index in [0.29, 0.717) is 6.61 Å². The summed E-state index contributed by atoms with van der Waals surface area (Å²) in [6.07, 6.45) is 16.7. The van der Waals surface area contributed by atoms with Gasteiger partial charge in [0.1, 0.15) is 18.2 Å². The Morgan fingerprint density at radius 1 is 0.710 bits per heavy atom. The van der Waals surface area contributed by atoms with Crippen molar-refractivity contribution in [3.63, 3.8) is 0 Å². The number of rotatable bonds is 18. The maximum Gasteiger partial charge on any atom is 0.123 e. The Balaban J connectivity index is 1.42. The van der Waals surface area contributed by atoms with Crippen LogP contribution < -0.4 is 10.1 Å². The first-order chi connectivity index (χ1) is 15.3. The second-order valence-electron chi connectivity index (χ2n) is 8.63. The van der Waals surface area contributed by atoms with E-state index in [0.717, 1.165) is 24.4 Å². The minimum atomic E-state index is -0.226. The Bertz CT molecular complexity index is 686. The van der Waals surface area contributed by atoms with Crippen LogP contribution in [0.25, 0.3) is 0 Å². The lowest BCUT2D eigenvalue weighted by atomic mass is 10.1. The van der Waals surface area contributed by atoms with Crippen molar-refractivity contribution in [2.75, 3.05) is 6.54 Å². The van der Waals surface area contributed by atoms with E-state index in [-0.39, 0.29) is 5.82 Å². The first kappa shape index (κ1) is 25.4. The van der Waals surface area contributed by atoms with Gasteiger partial charge < -0.3 is 10.1 Å². The molecule has 2 aromatic carbocycles. The van der Waals surface area contributed by atoms with Gasteiger partial charge in [-0.05, 0) is 48.4 Å². The summed E-state index contributed by atoms with van der Waals surface area (Å²) in [7, 11) is 0. The van der Waals surface area contributed by atoms with Gasteiger partial charge in [-0.2, -0.15) is 0 Å². The quantitative estimate of drug-likeness (QED) is 0.242. The van der Waals surface area contributed by atoms with E-state index < -0.39 is 0 Å². The van der Waals surface area contributed by atoms with Crippen molar-refractivity contribution in [2.45, 2.75) is 97.1 Å². The third-order valence-electron chi connectivity index (χ3n) is 5.75. The largest absolute Gasteiger partial charge is 0.489 e. The van der Waals surface area contributed by atoms with Crippen LogP contribution >= 0.6 is 0 Å². The summed E-state index contributed by atoms with van der Waals surface area (Å²) < 4.78 is 18.9. The lowest BCUT2D eigenvalue weighted by molar-refractivity contribution is 0.305. The van der Waals surface area contributed by atoms with Crippen molar-refractivity contribution in [1.29, 1.82) is 0 Å². The van der Waals surface area contributed by atoms with Gasteiger partial charge in [0.25, 0.3) is 0 Å². The Morgan fingerprint density at radius 3 is 1.94 bits per heavy atom. The summed E-state index contributed by atoms with van der Waals surface area (Å²) in [5, 5.41) is 3.54. The third-order valence-corrected chi connectivity index (χ3v) is 5.75. The number of unbranched alkanes of at least 4 members (excludes halogenated alkanes) is 11. The molecule has 2 nitrogen and oxygen atoms in total. The Morgan fingerprint density at radius 2 is 1.32 bits per heavy atom. The molecule has 0 bridgehead atoms. The van der Waals surface area contributed by atoms with Crippen molar-refractivity contribution in [3.8, 4) is 5.75 Å². The van der Waals surface area contributed by atoms with E-state index in [4.69, 9.17) is 4.74 Å². The number of ether oxygens (including phenoxy) is 1. The third kappa shape index (κ3) is 12.5. The molecule has 0 aromatic heterocycles. The minimum Gasteiger partial charge on any atom is -0.489 e. The van der Waals surface area contributed by atoms with Gasteiger partial charge in [0.15, 0.2) is 0 Å². The summed E-state index contributed by atoms with van der Waals surface area (Å²) in [5.41, 5.74) is 2.10. The topological polar surface area (TPSA) is 21.3 Å². The second-order valence-corrected chi connectivity index (χ2v) is 8.63. The average Bonchev–Trinajstić information content (AvgIpc) is 2.79.